The molecule has 1 aromatic heterocycles. The van der Waals surface area contributed by atoms with Crippen molar-refractivity contribution >= 4 is 11.8 Å². The van der Waals surface area contributed by atoms with Crippen LogP contribution in [0.25, 0.3) is 0 Å². The van der Waals surface area contributed by atoms with Gasteiger partial charge in [0.15, 0.2) is 11.6 Å². The molecule has 1 aliphatic heterocycles. The first-order valence-corrected chi connectivity index (χ1v) is 10.9. The maximum Gasteiger partial charge on any atom is 0.573 e. The minimum absolute atomic E-state index is 0.108. The van der Waals surface area contributed by atoms with Crippen LogP contribution in [0.3, 0.4) is 0 Å². The van der Waals surface area contributed by atoms with Crippen LogP contribution in [0.2, 0.25) is 0 Å². The maximum absolute atomic E-state index is 14.7. The number of nitrogens with zero attached hydrogens (tertiary/aromatic N) is 2. The van der Waals surface area contributed by atoms with Gasteiger partial charge >= 0.3 is 6.36 Å². The number of rotatable bonds is 6. The molecule has 0 radical (unpaired) electrons. The van der Waals surface area contributed by atoms with Gasteiger partial charge in [0.05, 0.1) is 13.7 Å². The number of hydroxylamine groups is 2. The summed E-state index contributed by atoms with van der Waals surface area (Å²) in [7, 11) is 2.77. The van der Waals surface area contributed by atoms with Gasteiger partial charge in [0.25, 0.3) is 11.8 Å². The number of benzene rings is 2. The summed E-state index contributed by atoms with van der Waals surface area (Å²) in [5, 5.41) is 3.89. The number of amides is 2. The summed E-state index contributed by atoms with van der Waals surface area (Å²) in [6, 6.07) is 11.9. The van der Waals surface area contributed by atoms with Gasteiger partial charge in [-0.2, -0.15) is 0 Å². The molecule has 1 atom stereocenters. The predicted molar refractivity (Wildman–Crippen MR) is 121 cm³/mol. The first kappa shape index (κ1) is 25.9. The van der Waals surface area contributed by atoms with E-state index < -0.39 is 35.3 Å². The molecule has 1 N–H and O–H groups in total. The SMILES string of the molecule is CON(C)C(=O)c1ccc(C(=O)NC2(c3ccc(OC(F)(F)F)c(F)c3)CCOc3cccnc32)cc1. The summed E-state index contributed by atoms with van der Waals surface area (Å²) in [6.07, 6.45) is -3.51. The van der Waals surface area contributed by atoms with Crippen molar-refractivity contribution in [2.75, 3.05) is 20.8 Å². The number of fused-ring (bicyclic) bond motifs is 1. The molecule has 2 aromatic carbocycles. The van der Waals surface area contributed by atoms with Crippen molar-refractivity contribution in [2.45, 2.75) is 18.3 Å². The lowest BCUT2D eigenvalue weighted by atomic mass is 9.81. The number of alkyl halides is 3. The number of carbonyl (C=O) groups excluding carboxylic acids is 2. The third kappa shape index (κ3) is 5.33. The van der Waals surface area contributed by atoms with E-state index in [1.807, 2.05) is 0 Å². The average molecular weight is 519 g/mol. The summed E-state index contributed by atoms with van der Waals surface area (Å²) in [5.41, 5.74) is -0.584. The normalized spacial score (nSPS) is 16.8. The number of hydrogen-bond donors (Lipinski definition) is 1. The summed E-state index contributed by atoms with van der Waals surface area (Å²) in [6.45, 7) is 0.109. The van der Waals surface area contributed by atoms with E-state index in [2.05, 4.69) is 15.0 Å². The van der Waals surface area contributed by atoms with Gasteiger partial charge in [-0.15, -0.1) is 13.2 Å². The summed E-state index contributed by atoms with van der Waals surface area (Å²) in [5.74, 6) is -2.96. The molecule has 1 aliphatic rings. The Kier molecular flexibility index (Phi) is 7.03. The fourth-order valence-electron chi connectivity index (χ4n) is 4.00. The van der Waals surface area contributed by atoms with E-state index in [-0.39, 0.29) is 35.4 Å². The van der Waals surface area contributed by atoms with E-state index in [1.165, 1.54) is 50.7 Å². The second kappa shape index (κ2) is 10.1. The molecule has 1 unspecified atom stereocenters. The molecule has 4 rings (SSSR count). The van der Waals surface area contributed by atoms with Crippen LogP contribution in [0.5, 0.6) is 11.5 Å². The Bertz CT molecular complexity index is 1320. The Morgan fingerprint density at radius 1 is 1.11 bits per heavy atom. The highest BCUT2D eigenvalue weighted by atomic mass is 19.4. The summed E-state index contributed by atoms with van der Waals surface area (Å²) >= 11 is 0. The zero-order valence-electron chi connectivity index (χ0n) is 19.6. The maximum atomic E-state index is 14.7. The van der Waals surface area contributed by atoms with Gasteiger partial charge in [-0.25, -0.2) is 9.45 Å². The van der Waals surface area contributed by atoms with Gasteiger partial charge < -0.3 is 14.8 Å². The molecule has 3 aromatic rings. The lowest BCUT2D eigenvalue weighted by Crippen LogP contribution is -2.50. The van der Waals surface area contributed by atoms with Crippen molar-refractivity contribution in [1.82, 2.24) is 15.4 Å². The standard InChI is InChI=1S/C25H21F4N3O5/c1-32(35-2)23(34)16-7-5-15(6-8-16)22(33)31-24(11-13-36-20-4-3-12-30-21(20)24)17-9-10-19(18(26)14-17)37-25(27,28)29/h3-10,12,14H,11,13H2,1-2H3,(H,31,33). The Hall–Kier alpha value is -4.19. The van der Waals surface area contributed by atoms with Crippen LogP contribution in [0.15, 0.2) is 60.8 Å². The van der Waals surface area contributed by atoms with Gasteiger partial charge in [0, 0.05) is 30.8 Å². The first-order chi connectivity index (χ1) is 17.5. The molecule has 0 saturated heterocycles. The molecule has 194 valence electrons. The largest absolute Gasteiger partial charge is 0.573 e. The highest BCUT2D eigenvalue weighted by Crippen LogP contribution is 2.42. The van der Waals surface area contributed by atoms with Crippen LogP contribution in [0, 0.1) is 5.82 Å². The molecule has 0 fully saturated rings. The number of halogens is 4. The van der Waals surface area contributed by atoms with Gasteiger partial charge in [-0.05, 0) is 54.1 Å². The zero-order valence-corrected chi connectivity index (χ0v) is 19.6. The Labute approximate surface area is 208 Å². The minimum atomic E-state index is -5.08. The zero-order chi connectivity index (χ0) is 26.8. The van der Waals surface area contributed by atoms with Crippen LogP contribution >= 0.6 is 0 Å². The Balaban J connectivity index is 1.72. The Morgan fingerprint density at radius 3 is 2.46 bits per heavy atom. The van der Waals surface area contributed by atoms with E-state index in [0.717, 1.165) is 17.2 Å². The molecule has 0 bridgehead atoms. The van der Waals surface area contributed by atoms with E-state index in [9.17, 15) is 27.2 Å². The first-order valence-electron chi connectivity index (χ1n) is 10.9. The quantitative estimate of drug-likeness (QED) is 0.388. The van der Waals surface area contributed by atoms with E-state index >= 15 is 0 Å². The van der Waals surface area contributed by atoms with E-state index in [0.29, 0.717) is 5.75 Å². The molecular weight excluding hydrogens is 498 g/mol. The number of carbonyl (C=O) groups is 2. The topological polar surface area (TPSA) is 90.0 Å². The minimum Gasteiger partial charge on any atom is -0.491 e. The van der Waals surface area contributed by atoms with Crippen LogP contribution in [-0.4, -0.2) is 49.0 Å². The average Bonchev–Trinajstić information content (AvgIpc) is 2.88. The number of aromatic nitrogens is 1. The highest BCUT2D eigenvalue weighted by molar-refractivity contribution is 5.98. The van der Waals surface area contributed by atoms with E-state index in [1.54, 1.807) is 12.1 Å². The molecular formula is C25H21F4N3O5. The van der Waals surface area contributed by atoms with Crippen molar-refractivity contribution in [3.63, 3.8) is 0 Å². The number of hydrogen-bond acceptors (Lipinski definition) is 6. The second-order valence-electron chi connectivity index (χ2n) is 8.06. The van der Waals surface area contributed by atoms with Crippen LogP contribution < -0.4 is 14.8 Å². The molecule has 2 heterocycles. The van der Waals surface area contributed by atoms with Crippen molar-refractivity contribution in [2.24, 2.45) is 0 Å². The summed E-state index contributed by atoms with van der Waals surface area (Å²) in [4.78, 5) is 34.8. The fraction of sp³-hybridized carbons (Fsp3) is 0.240. The molecule has 12 heteroatoms. The third-order valence-electron chi connectivity index (χ3n) is 5.84. The van der Waals surface area contributed by atoms with Crippen molar-refractivity contribution in [3.8, 4) is 11.5 Å². The van der Waals surface area contributed by atoms with Crippen molar-refractivity contribution in [1.29, 1.82) is 0 Å². The summed E-state index contributed by atoms with van der Waals surface area (Å²) < 4.78 is 62.1. The molecule has 8 nitrogen and oxygen atoms in total. The van der Waals surface area contributed by atoms with Crippen molar-refractivity contribution in [3.05, 3.63) is 89.0 Å². The highest BCUT2D eigenvalue weighted by Gasteiger charge is 2.43. The Morgan fingerprint density at radius 2 is 1.81 bits per heavy atom. The third-order valence-corrected chi connectivity index (χ3v) is 5.84. The molecule has 0 saturated carbocycles. The number of nitrogens with one attached hydrogen (secondary N) is 1. The van der Waals surface area contributed by atoms with Gasteiger partial charge in [-0.1, -0.05) is 6.07 Å². The fourth-order valence-corrected chi connectivity index (χ4v) is 4.00. The molecule has 37 heavy (non-hydrogen) atoms. The monoisotopic (exact) mass is 519 g/mol. The smallest absolute Gasteiger partial charge is 0.491 e. The molecule has 0 aliphatic carbocycles. The van der Waals surface area contributed by atoms with Crippen LogP contribution in [0.4, 0.5) is 17.6 Å². The molecule has 2 amide bonds. The van der Waals surface area contributed by atoms with Gasteiger partial charge in [0.1, 0.15) is 17.0 Å². The predicted octanol–water partition coefficient (Wildman–Crippen LogP) is 4.21. The van der Waals surface area contributed by atoms with Crippen LogP contribution in [-0.2, 0) is 10.4 Å². The van der Waals surface area contributed by atoms with Gasteiger partial charge in [-0.3, -0.25) is 19.4 Å². The number of ether oxygens (including phenoxy) is 2. The lowest BCUT2D eigenvalue weighted by Gasteiger charge is -2.39. The second-order valence-corrected chi connectivity index (χ2v) is 8.06. The van der Waals surface area contributed by atoms with Crippen LogP contribution in [0.1, 0.15) is 38.4 Å². The molecule has 0 spiro atoms. The lowest BCUT2D eigenvalue weighted by molar-refractivity contribution is -0.275. The van der Waals surface area contributed by atoms with Gasteiger partial charge in [0.2, 0.25) is 0 Å². The number of pyridine rings is 1. The van der Waals surface area contributed by atoms with Crippen molar-refractivity contribution < 1.29 is 41.5 Å². The van der Waals surface area contributed by atoms with E-state index in [4.69, 9.17) is 9.57 Å².